The van der Waals surface area contributed by atoms with E-state index in [-0.39, 0.29) is 6.04 Å². The molecule has 6 aromatic rings. The first-order chi connectivity index (χ1) is 23.4. The highest BCUT2D eigenvalue weighted by Crippen LogP contribution is 2.53. The van der Waals surface area contributed by atoms with E-state index < -0.39 is 15.8 Å². The molecule has 1 aliphatic carbocycles. The summed E-state index contributed by atoms with van der Waals surface area (Å²) in [6.07, 6.45) is 7.27. The molecule has 0 fully saturated rings. The zero-order valence-electron chi connectivity index (χ0n) is 28.0. The maximum atomic E-state index is 5.90. The van der Waals surface area contributed by atoms with Gasteiger partial charge in [-0.1, -0.05) is 95.6 Å². The molecule has 2 heterocycles. The number of allylic oxidation sites excluding steroid dienone is 1. The highest BCUT2D eigenvalue weighted by molar-refractivity contribution is 7.72. The van der Waals surface area contributed by atoms with Crippen LogP contribution in [0, 0.1) is 20.8 Å². The van der Waals surface area contributed by atoms with Crippen molar-refractivity contribution in [1.82, 2.24) is 4.98 Å². The van der Waals surface area contributed by atoms with Crippen LogP contribution in [-0.4, -0.2) is 18.1 Å². The van der Waals surface area contributed by atoms with Crippen molar-refractivity contribution in [3.05, 3.63) is 160 Å². The van der Waals surface area contributed by atoms with Crippen LogP contribution in [0.3, 0.4) is 0 Å². The smallest absolute Gasteiger partial charge is 0.115 e. The Morgan fingerprint density at radius 3 is 1.90 bits per heavy atom. The lowest BCUT2D eigenvalue weighted by molar-refractivity contribution is 0.303. The minimum atomic E-state index is -0.769. The molecule has 0 spiro atoms. The lowest BCUT2D eigenvalue weighted by Gasteiger charge is -2.34. The summed E-state index contributed by atoms with van der Waals surface area (Å²) in [6, 6.07) is 41.2. The highest BCUT2D eigenvalue weighted by atomic mass is 31.1. The Labute approximate surface area is 286 Å². The molecule has 2 aliphatic rings. The van der Waals surface area contributed by atoms with Gasteiger partial charge in [0.25, 0.3) is 0 Å². The minimum Gasteiger partial charge on any atom is -0.497 e. The van der Waals surface area contributed by atoms with Crippen molar-refractivity contribution in [3.63, 3.8) is 0 Å². The first kappa shape index (κ1) is 31.0. The molecule has 0 amide bonds. The number of hydrogen-bond acceptors (Lipinski definition) is 3. The third-order valence-electron chi connectivity index (χ3n) is 9.58. The molecule has 1 aliphatic heterocycles. The van der Waals surface area contributed by atoms with Crippen molar-refractivity contribution >= 4 is 59.3 Å². The van der Waals surface area contributed by atoms with Crippen LogP contribution in [0.2, 0.25) is 0 Å². The number of fused-ring (bicyclic) bond motifs is 2. The van der Waals surface area contributed by atoms with E-state index >= 15 is 0 Å². The molecule has 3 atom stereocenters. The molecule has 2 bridgehead atoms. The fourth-order valence-electron chi connectivity index (χ4n) is 7.36. The molecule has 3 unspecified atom stereocenters. The largest absolute Gasteiger partial charge is 0.497 e. The van der Waals surface area contributed by atoms with E-state index in [0.717, 1.165) is 35.5 Å². The lowest BCUT2D eigenvalue weighted by atomic mass is 10.0. The molecule has 0 saturated heterocycles. The monoisotopic (exact) mass is 662 g/mol. The third kappa shape index (κ3) is 5.96. The van der Waals surface area contributed by atoms with Crippen LogP contribution in [-0.2, 0) is 17.1 Å². The Hall–Kier alpha value is -4.29. The molecule has 5 aromatic carbocycles. The zero-order valence-corrected chi connectivity index (χ0v) is 29.8. The standard InChI is InChI=1S/C43H40N2OP2/c1-28-15-17-38-40(23-28)47(36-11-7-5-8-12-36)26-33-21-29(2)19-31-24-32-20-30(3)22-34(43(32)45-42(31)33)27-48(37-13-9-6-10-14-37)41-25-35(46-4)16-18-39(41)44-38/h5-17,19-25,39,44H,18,26-27H2,1-4H3. The maximum absolute atomic E-state index is 5.90. The second-order valence-corrected chi connectivity index (χ2v) is 17.5. The predicted octanol–water partition coefficient (Wildman–Crippen LogP) is 9.87. The SMILES string of the molecule is COC1=CCC2Nc3ccc(C)cc3P(c3ccccc3)Cc3cc(C)cc4cc5cc(C)cc(c5nc34)CP(c3ccccc3)C2=C1. The van der Waals surface area contributed by atoms with Gasteiger partial charge in [0, 0.05) is 34.1 Å². The van der Waals surface area contributed by atoms with Crippen LogP contribution in [0.15, 0.2) is 132 Å². The summed E-state index contributed by atoms with van der Waals surface area (Å²) in [6.45, 7) is 6.67. The number of nitrogens with one attached hydrogen (secondary N) is 1. The maximum Gasteiger partial charge on any atom is 0.115 e. The van der Waals surface area contributed by atoms with Crippen molar-refractivity contribution in [2.24, 2.45) is 0 Å². The van der Waals surface area contributed by atoms with E-state index in [1.165, 1.54) is 65.5 Å². The molecule has 48 heavy (non-hydrogen) atoms. The van der Waals surface area contributed by atoms with E-state index in [4.69, 9.17) is 9.72 Å². The Morgan fingerprint density at radius 1 is 0.667 bits per heavy atom. The summed E-state index contributed by atoms with van der Waals surface area (Å²) in [7, 11) is 0.268. The van der Waals surface area contributed by atoms with E-state index in [0.29, 0.717) is 0 Å². The summed E-state index contributed by atoms with van der Waals surface area (Å²) >= 11 is 0. The summed E-state index contributed by atoms with van der Waals surface area (Å²) in [5.74, 6) is 0.946. The summed E-state index contributed by atoms with van der Waals surface area (Å²) in [4.78, 5) is 5.62. The molecule has 238 valence electrons. The number of ether oxygens (including phenoxy) is 1. The Morgan fingerprint density at radius 2 is 1.27 bits per heavy atom. The van der Waals surface area contributed by atoms with Gasteiger partial charge in [-0.25, -0.2) is 4.98 Å². The Kier molecular flexibility index (Phi) is 8.37. The number of aryl methyl sites for hydroxylation is 3. The number of hydrogen-bond donors (Lipinski definition) is 1. The van der Waals surface area contributed by atoms with Crippen LogP contribution < -0.4 is 21.2 Å². The van der Waals surface area contributed by atoms with Crippen LogP contribution >= 0.6 is 15.8 Å². The number of benzene rings is 5. The predicted molar refractivity (Wildman–Crippen MR) is 208 cm³/mol. The molecular formula is C43H40N2OP2. The topological polar surface area (TPSA) is 34.1 Å². The molecule has 8 rings (SSSR count). The number of nitrogens with zero attached hydrogens (tertiary/aromatic N) is 1. The molecule has 0 radical (unpaired) electrons. The number of aromatic nitrogens is 1. The average molecular weight is 663 g/mol. The van der Waals surface area contributed by atoms with Gasteiger partial charge in [0.1, 0.15) is 5.76 Å². The quantitative estimate of drug-likeness (QED) is 0.151. The van der Waals surface area contributed by atoms with Crippen LogP contribution in [0.25, 0.3) is 21.8 Å². The fourth-order valence-corrected chi connectivity index (χ4v) is 12.5. The Balaban J connectivity index is 1.45. The number of rotatable bonds is 3. The van der Waals surface area contributed by atoms with Crippen LogP contribution in [0.1, 0.15) is 34.2 Å². The fraction of sp³-hybridized carbons (Fsp3) is 0.186. The van der Waals surface area contributed by atoms with Gasteiger partial charge in [0.2, 0.25) is 0 Å². The normalized spacial score (nSPS) is 19.2. The summed E-state index contributed by atoms with van der Waals surface area (Å²) in [5, 5.41) is 12.2. The molecular weight excluding hydrogens is 622 g/mol. The minimum absolute atomic E-state index is 0.137. The first-order valence-electron chi connectivity index (χ1n) is 16.7. The number of pyridine rings is 1. The molecule has 1 N–H and O–H groups in total. The van der Waals surface area contributed by atoms with Crippen LogP contribution in [0.4, 0.5) is 5.69 Å². The van der Waals surface area contributed by atoms with Gasteiger partial charge >= 0.3 is 0 Å². The van der Waals surface area contributed by atoms with Crippen molar-refractivity contribution in [2.45, 2.75) is 45.6 Å². The second kappa shape index (κ2) is 13.0. The van der Waals surface area contributed by atoms with Gasteiger partial charge in [0.15, 0.2) is 0 Å². The third-order valence-corrected chi connectivity index (χ3v) is 14.7. The second-order valence-electron chi connectivity index (χ2n) is 13.2. The van der Waals surface area contributed by atoms with Gasteiger partial charge in [-0.3, -0.25) is 0 Å². The van der Waals surface area contributed by atoms with Crippen molar-refractivity contribution in [3.8, 4) is 0 Å². The summed E-state index contributed by atoms with van der Waals surface area (Å²) < 4.78 is 5.90. The molecule has 0 saturated carbocycles. The molecule has 1 aromatic heterocycles. The van der Waals surface area contributed by atoms with Crippen molar-refractivity contribution in [2.75, 3.05) is 12.4 Å². The Bertz CT molecular complexity index is 2230. The molecule has 5 heteroatoms. The highest BCUT2D eigenvalue weighted by Gasteiger charge is 2.30. The van der Waals surface area contributed by atoms with Gasteiger partial charge in [-0.15, -0.1) is 0 Å². The molecule has 3 nitrogen and oxygen atoms in total. The zero-order chi connectivity index (χ0) is 32.8. The van der Waals surface area contributed by atoms with Crippen molar-refractivity contribution in [1.29, 1.82) is 0 Å². The van der Waals surface area contributed by atoms with E-state index in [1.807, 2.05) is 0 Å². The first-order valence-corrected chi connectivity index (χ1v) is 19.8. The van der Waals surface area contributed by atoms with Gasteiger partial charge < -0.3 is 10.1 Å². The lowest BCUT2D eigenvalue weighted by Crippen LogP contribution is -2.29. The van der Waals surface area contributed by atoms with Gasteiger partial charge in [-0.2, -0.15) is 0 Å². The summed E-state index contributed by atoms with van der Waals surface area (Å²) in [5.41, 5.74) is 9.97. The average Bonchev–Trinajstić information content (AvgIpc) is 3.10. The van der Waals surface area contributed by atoms with Crippen LogP contribution in [0.5, 0.6) is 0 Å². The van der Waals surface area contributed by atoms with E-state index in [1.54, 1.807) is 7.11 Å². The van der Waals surface area contributed by atoms with E-state index in [2.05, 4.69) is 147 Å². The number of anilines is 1. The van der Waals surface area contributed by atoms with Gasteiger partial charge in [0.05, 0.1) is 24.2 Å². The number of methoxy groups -OCH3 is 1. The van der Waals surface area contributed by atoms with Crippen molar-refractivity contribution < 1.29 is 4.74 Å². The van der Waals surface area contributed by atoms with Gasteiger partial charge in [-0.05, 0) is 113 Å². The van der Waals surface area contributed by atoms with E-state index in [9.17, 15) is 0 Å².